The molecule has 0 atom stereocenters. The molecule has 3 heteroatoms. The summed E-state index contributed by atoms with van der Waals surface area (Å²) in [5, 5.41) is 6.09. The molecule has 1 saturated carbocycles. The topological polar surface area (TPSA) is 41.1 Å². The lowest BCUT2D eigenvalue weighted by Crippen LogP contribution is -2.45. The molecule has 3 nitrogen and oxygen atoms in total. The Morgan fingerprint density at radius 3 is 2.55 bits per heavy atom. The first-order valence-corrected chi connectivity index (χ1v) is 7.59. The number of carbonyl (C=O) groups is 1. The third kappa shape index (κ3) is 3.75. The number of benzene rings is 1. The smallest absolute Gasteiger partial charge is 0.315 e. The fourth-order valence-corrected chi connectivity index (χ4v) is 3.04. The Morgan fingerprint density at radius 1 is 1.25 bits per heavy atom. The van der Waals surface area contributed by atoms with Gasteiger partial charge in [0, 0.05) is 18.0 Å². The van der Waals surface area contributed by atoms with Gasteiger partial charge in [0.1, 0.15) is 0 Å². The van der Waals surface area contributed by atoms with Crippen molar-refractivity contribution in [1.82, 2.24) is 10.6 Å². The van der Waals surface area contributed by atoms with Crippen molar-refractivity contribution in [2.45, 2.75) is 57.9 Å². The molecular weight excluding hydrogens is 248 g/mol. The van der Waals surface area contributed by atoms with Crippen molar-refractivity contribution in [1.29, 1.82) is 0 Å². The summed E-state index contributed by atoms with van der Waals surface area (Å²) in [6, 6.07) is 8.72. The van der Waals surface area contributed by atoms with Crippen molar-refractivity contribution < 1.29 is 4.79 Å². The van der Waals surface area contributed by atoms with Crippen LogP contribution in [0.2, 0.25) is 0 Å². The van der Waals surface area contributed by atoms with Crippen molar-refractivity contribution in [2.75, 3.05) is 6.54 Å². The number of urea groups is 1. The van der Waals surface area contributed by atoms with Crippen molar-refractivity contribution in [3.05, 3.63) is 35.4 Å². The predicted octanol–water partition coefficient (Wildman–Crippen LogP) is 3.51. The number of nitrogens with one attached hydrogen (secondary N) is 2. The molecular formula is C17H26N2O. The van der Waals surface area contributed by atoms with Crippen molar-refractivity contribution in [2.24, 2.45) is 0 Å². The highest BCUT2D eigenvalue weighted by Crippen LogP contribution is 2.25. The average Bonchev–Trinajstić information content (AvgIpc) is 2.90. The minimum absolute atomic E-state index is 0.0291. The van der Waals surface area contributed by atoms with Crippen LogP contribution in [0.1, 0.15) is 50.7 Å². The van der Waals surface area contributed by atoms with Crippen molar-refractivity contribution >= 4 is 6.03 Å². The average molecular weight is 274 g/mol. The zero-order valence-electron chi connectivity index (χ0n) is 12.8. The van der Waals surface area contributed by atoms with Crippen LogP contribution in [-0.4, -0.2) is 18.6 Å². The second kappa shape index (κ2) is 6.29. The molecule has 0 spiro atoms. The van der Waals surface area contributed by atoms with E-state index in [9.17, 15) is 4.79 Å². The summed E-state index contributed by atoms with van der Waals surface area (Å²) in [7, 11) is 0. The van der Waals surface area contributed by atoms with Gasteiger partial charge in [0.25, 0.3) is 0 Å². The van der Waals surface area contributed by atoms with Crippen LogP contribution in [0.3, 0.4) is 0 Å². The molecule has 0 unspecified atom stereocenters. The number of hydrogen-bond donors (Lipinski definition) is 2. The molecule has 0 bridgehead atoms. The number of aryl methyl sites for hydroxylation is 1. The third-order valence-corrected chi connectivity index (χ3v) is 4.26. The number of hydrogen-bond acceptors (Lipinski definition) is 1. The van der Waals surface area contributed by atoms with Gasteiger partial charge in [0.15, 0.2) is 0 Å². The van der Waals surface area contributed by atoms with Crippen LogP contribution in [0.4, 0.5) is 4.79 Å². The highest BCUT2D eigenvalue weighted by Gasteiger charge is 2.24. The lowest BCUT2D eigenvalue weighted by molar-refractivity contribution is 0.234. The molecule has 0 aliphatic heterocycles. The van der Waals surface area contributed by atoms with Crippen LogP contribution in [-0.2, 0) is 5.41 Å². The highest BCUT2D eigenvalue weighted by molar-refractivity contribution is 5.74. The van der Waals surface area contributed by atoms with E-state index in [1.54, 1.807) is 0 Å². The van der Waals surface area contributed by atoms with Crippen LogP contribution in [0.5, 0.6) is 0 Å². The molecule has 0 radical (unpaired) electrons. The zero-order valence-corrected chi connectivity index (χ0v) is 12.8. The minimum atomic E-state index is -0.0572. The Labute approximate surface area is 122 Å². The van der Waals surface area contributed by atoms with Crippen molar-refractivity contribution in [3.8, 4) is 0 Å². The molecule has 1 aliphatic carbocycles. The summed E-state index contributed by atoms with van der Waals surface area (Å²) in [5.41, 5.74) is 2.51. The molecule has 2 rings (SSSR count). The SMILES string of the molecule is Cc1ccccc1C(C)(C)CNC(=O)NC1CCCC1. The van der Waals surface area contributed by atoms with Gasteiger partial charge >= 0.3 is 6.03 Å². The van der Waals surface area contributed by atoms with E-state index in [1.807, 2.05) is 0 Å². The van der Waals surface area contributed by atoms with Gasteiger partial charge in [-0.05, 0) is 30.9 Å². The van der Waals surface area contributed by atoms with E-state index in [1.165, 1.54) is 24.0 Å². The predicted molar refractivity (Wildman–Crippen MR) is 83.0 cm³/mol. The summed E-state index contributed by atoms with van der Waals surface area (Å²) < 4.78 is 0. The monoisotopic (exact) mass is 274 g/mol. The summed E-state index contributed by atoms with van der Waals surface area (Å²) in [6.07, 6.45) is 4.71. The first-order chi connectivity index (χ1) is 9.49. The normalized spacial score (nSPS) is 16.1. The Hall–Kier alpha value is -1.51. The molecule has 2 amide bonds. The van der Waals surface area contributed by atoms with E-state index in [-0.39, 0.29) is 11.4 Å². The molecule has 0 aromatic heterocycles. The van der Waals surface area contributed by atoms with Gasteiger partial charge in [-0.3, -0.25) is 0 Å². The molecule has 0 heterocycles. The second-order valence-electron chi connectivity index (χ2n) is 6.51. The van der Waals surface area contributed by atoms with Gasteiger partial charge in [-0.15, -0.1) is 0 Å². The van der Waals surface area contributed by atoms with Gasteiger partial charge < -0.3 is 10.6 Å². The van der Waals surface area contributed by atoms with E-state index in [4.69, 9.17) is 0 Å². The Balaban J connectivity index is 1.88. The number of amides is 2. The van der Waals surface area contributed by atoms with Crippen LogP contribution in [0.25, 0.3) is 0 Å². The summed E-state index contributed by atoms with van der Waals surface area (Å²) in [5.74, 6) is 0. The first-order valence-electron chi connectivity index (χ1n) is 7.59. The molecule has 1 aliphatic rings. The highest BCUT2D eigenvalue weighted by atomic mass is 16.2. The fourth-order valence-electron chi connectivity index (χ4n) is 3.04. The van der Waals surface area contributed by atoms with E-state index in [0.717, 1.165) is 12.8 Å². The summed E-state index contributed by atoms with van der Waals surface area (Å²) in [6.45, 7) is 7.11. The molecule has 1 aromatic rings. The third-order valence-electron chi connectivity index (χ3n) is 4.26. The second-order valence-corrected chi connectivity index (χ2v) is 6.51. The van der Waals surface area contributed by atoms with Crippen LogP contribution < -0.4 is 10.6 Å². The lowest BCUT2D eigenvalue weighted by atomic mass is 9.82. The molecule has 2 N–H and O–H groups in total. The Bertz CT molecular complexity index is 462. The van der Waals surface area contributed by atoms with E-state index >= 15 is 0 Å². The Kier molecular flexibility index (Phi) is 4.69. The van der Waals surface area contributed by atoms with Gasteiger partial charge in [0.05, 0.1) is 0 Å². The molecule has 1 aromatic carbocycles. The first kappa shape index (κ1) is 14.9. The maximum Gasteiger partial charge on any atom is 0.315 e. The van der Waals surface area contributed by atoms with Gasteiger partial charge in [0.2, 0.25) is 0 Å². The summed E-state index contributed by atoms with van der Waals surface area (Å²) >= 11 is 0. The number of rotatable bonds is 4. The zero-order chi connectivity index (χ0) is 14.6. The number of carbonyl (C=O) groups excluding carboxylic acids is 1. The van der Waals surface area contributed by atoms with Crippen LogP contribution >= 0.6 is 0 Å². The standard InChI is InChI=1S/C17H26N2O/c1-13-8-4-7-11-15(13)17(2,3)12-18-16(20)19-14-9-5-6-10-14/h4,7-8,11,14H,5-6,9-10,12H2,1-3H3,(H2,18,19,20). The molecule has 110 valence electrons. The Morgan fingerprint density at radius 2 is 1.90 bits per heavy atom. The van der Waals surface area contributed by atoms with E-state index in [2.05, 4.69) is 55.7 Å². The molecule has 0 saturated heterocycles. The van der Waals surface area contributed by atoms with Crippen LogP contribution in [0.15, 0.2) is 24.3 Å². The fraction of sp³-hybridized carbons (Fsp3) is 0.588. The lowest BCUT2D eigenvalue weighted by Gasteiger charge is -2.28. The quantitative estimate of drug-likeness (QED) is 0.866. The van der Waals surface area contributed by atoms with E-state index in [0.29, 0.717) is 12.6 Å². The van der Waals surface area contributed by atoms with Gasteiger partial charge in [-0.2, -0.15) is 0 Å². The van der Waals surface area contributed by atoms with Crippen molar-refractivity contribution in [3.63, 3.8) is 0 Å². The molecule has 1 fully saturated rings. The summed E-state index contributed by atoms with van der Waals surface area (Å²) in [4.78, 5) is 11.9. The van der Waals surface area contributed by atoms with Gasteiger partial charge in [-0.1, -0.05) is 51.0 Å². The maximum atomic E-state index is 11.9. The minimum Gasteiger partial charge on any atom is -0.337 e. The van der Waals surface area contributed by atoms with Gasteiger partial charge in [-0.25, -0.2) is 4.79 Å². The largest absolute Gasteiger partial charge is 0.337 e. The maximum absolute atomic E-state index is 11.9. The molecule has 20 heavy (non-hydrogen) atoms. The van der Waals surface area contributed by atoms with Crippen LogP contribution in [0, 0.1) is 6.92 Å². The van der Waals surface area contributed by atoms with E-state index < -0.39 is 0 Å².